The fraction of sp³-hybridized carbons (Fsp3) is 0.222. The third-order valence-corrected chi connectivity index (χ3v) is 5.30. The van der Waals surface area contributed by atoms with Crippen molar-refractivity contribution < 1.29 is 13.6 Å². The third-order valence-electron chi connectivity index (χ3n) is 3.76. The Hall–Kier alpha value is -1.90. The molecule has 3 aromatic rings. The number of rotatable bonds is 5. The van der Waals surface area contributed by atoms with E-state index in [1.54, 1.807) is 0 Å². The molecule has 0 N–H and O–H groups in total. The van der Waals surface area contributed by atoms with Crippen molar-refractivity contribution in [3.63, 3.8) is 0 Å². The van der Waals surface area contributed by atoms with Crippen LogP contribution in [0.1, 0.15) is 10.4 Å². The number of hydrogen-bond acceptors (Lipinski definition) is 4. The van der Waals surface area contributed by atoms with Crippen LogP contribution in [0.25, 0.3) is 10.2 Å². The lowest BCUT2D eigenvalue weighted by atomic mass is 10.1. The van der Waals surface area contributed by atoms with Crippen LogP contribution < -0.4 is 4.90 Å². The van der Waals surface area contributed by atoms with E-state index in [-0.39, 0.29) is 6.54 Å². The van der Waals surface area contributed by atoms with Gasteiger partial charge in [0.15, 0.2) is 5.13 Å². The Labute approximate surface area is 162 Å². The molecule has 0 saturated carbocycles. The van der Waals surface area contributed by atoms with E-state index >= 15 is 0 Å². The lowest BCUT2D eigenvalue weighted by Gasteiger charge is -2.22. The molecule has 2 aromatic carbocycles. The van der Waals surface area contributed by atoms with Crippen molar-refractivity contribution in [2.75, 3.05) is 32.1 Å². The van der Waals surface area contributed by atoms with Crippen molar-refractivity contribution >= 4 is 48.5 Å². The van der Waals surface area contributed by atoms with Gasteiger partial charge in [0.05, 0.1) is 10.2 Å². The topological polar surface area (TPSA) is 36.4 Å². The summed E-state index contributed by atoms with van der Waals surface area (Å²) in [7, 11) is 3.73. The first-order chi connectivity index (χ1) is 12.4. The second-order valence-electron chi connectivity index (χ2n) is 5.97. The van der Waals surface area contributed by atoms with E-state index in [1.165, 1.54) is 22.3 Å². The van der Waals surface area contributed by atoms with Crippen LogP contribution in [0.15, 0.2) is 40.9 Å². The van der Waals surface area contributed by atoms with E-state index in [9.17, 15) is 13.6 Å². The molecule has 4 nitrogen and oxygen atoms in total. The molecule has 1 aromatic heterocycles. The zero-order valence-electron chi connectivity index (χ0n) is 14.2. The highest BCUT2D eigenvalue weighted by Gasteiger charge is 2.26. The Balaban J connectivity index is 2.05. The van der Waals surface area contributed by atoms with Crippen molar-refractivity contribution in [3.8, 4) is 0 Å². The van der Waals surface area contributed by atoms with E-state index in [2.05, 4.69) is 20.9 Å². The molecule has 1 heterocycles. The zero-order chi connectivity index (χ0) is 18.8. The van der Waals surface area contributed by atoms with Crippen LogP contribution in [0.5, 0.6) is 0 Å². The van der Waals surface area contributed by atoms with Crippen molar-refractivity contribution in [2.45, 2.75) is 0 Å². The van der Waals surface area contributed by atoms with E-state index in [1.807, 2.05) is 37.2 Å². The molecule has 0 aliphatic heterocycles. The second-order valence-corrected chi connectivity index (χ2v) is 7.89. The first-order valence-corrected chi connectivity index (χ1v) is 9.44. The quantitative estimate of drug-likeness (QED) is 0.585. The molecule has 0 atom stereocenters. The van der Waals surface area contributed by atoms with Crippen molar-refractivity contribution in [1.82, 2.24) is 9.88 Å². The number of carbonyl (C=O) groups excluding carboxylic acids is 1. The highest BCUT2D eigenvalue weighted by Crippen LogP contribution is 2.32. The van der Waals surface area contributed by atoms with Gasteiger partial charge >= 0.3 is 0 Å². The van der Waals surface area contributed by atoms with Gasteiger partial charge in [-0.2, -0.15) is 0 Å². The lowest BCUT2D eigenvalue weighted by Crippen LogP contribution is -2.37. The molecule has 3 rings (SSSR count). The number of halogens is 3. The number of thiazole rings is 1. The summed E-state index contributed by atoms with van der Waals surface area (Å²) in [5.74, 6) is -2.50. The van der Waals surface area contributed by atoms with Gasteiger partial charge in [-0.3, -0.25) is 9.69 Å². The van der Waals surface area contributed by atoms with Gasteiger partial charge in [-0.25, -0.2) is 13.8 Å². The molecule has 26 heavy (non-hydrogen) atoms. The van der Waals surface area contributed by atoms with Crippen LogP contribution in [-0.2, 0) is 0 Å². The molecule has 0 radical (unpaired) electrons. The van der Waals surface area contributed by atoms with Gasteiger partial charge in [-0.05, 0) is 44.4 Å². The SMILES string of the molecule is CN(C)CCN(C(=O)c1c(F)cccc1F)c1nc2ccc(Br)cc2s1. The van der Waals surface area contributed by atoms with Gasteiger partial charge in [-0.1, -0.05) is 33.3 Å². The molecule has 8 heteroatoms. The Kier molecular flexibility index (Phi) is 5.64. The van der Waals surface area contributed by atoms with Crippen LogP contribution in [-0.4, -0.2) is 43.0 Å². The van der Waals surface area contributed by atoms with E-state index in [4.69, 9.17) is 0 Å². The molecule has 1 amide bonds. The monoisotopic (exact) mass is 439 g/mol. The second kappa shape index (κ2) is 7.77. The fourth-order valence-corrected chi connectivity index (χ4v) is 3.96. The number of likely N-dealkylation sites (N-methyl/N-ethyl adjacent to an activating group) is 1. The first-order valence-electron chi connectivity index (χ1n) is 7.83. The minimum atomic E-state index is -0.881. The maximum atomic E-state index is 14.1. The van der Waals surface area contributed by atoms with Gasteiger partial charge in [-0.15, -0.1) is 0 Å². The molecule has 0 unspecified atom stereocenters. The van der Waals surface area contributed by atoms with Crippen molar-refractivity contribution in [2.24, 2.45) is 0 Å². The van der Waals surface area contributed by atoms with Crippen LogP contribution in [0.3, 0.4) is 0 Å². The Morgan fingerprint density at radius 2 is 1.85 bits per heavy atom. The van der Waals surface area contributed by atoms with Crippen molar-refractivity contribution in [1.29, 1.82) is 0 Å². The molecule has 0 fully saturated rings. The number of benzene rings is 2. The van der Waals surface area contributed by atoms with Crippen LogP contribution in [0.2, 0.25) is 0 Å². The first kappa shape index (κ1) is 18.9. The molecular weight excluding hydrogens is 424 g/mol. The number of anilines is 1. The lowest BCUT2D eigenvalue weighted by molar-refractivity contribution is 0.0977. The summed E-state index contributed by atoms with van der Waals surface area (Å²) < 4.78 is 30.0. The number of fused-ring (bicyclic) bond motifs is 1. The molecule has 136 valence electrons. The Bertz CT molecular complexity index is 941. The summed E-state index contributed by atoms with van der Waals surface area (Å²) in [4.78, 5) is 20.6. The van der Waals surface area contributed by atoms with Gasteiger partial charge in [0.1, 0.15) is 17.2 Å². The summed E-state index contributed by atoms with van der Waals surface area (Å²) in [5.41, 5.74) is 0.163. The van der Waals surface area contributed by atoms with Gasteiger partial charge in [0.2, 0.25) is 0 Å². The Morgan fingerprint density at radius 1 is 1.15 bits per heavy atom. The van der Waals surface area contributed by atoms with Gasteiger partial charge < -0.3 is 4.90 Å². The third kappa shape index (κ3) is 3.92. The van der Waals surface area contributed by atoms with Crippen molar-refractivity contribution in [3.05, 3.63) is 58.1 Å². The molecule has 0 saturated heterocycles. The number of carbonyl (C=O) groups is 1. The van der Waals surface area contributed by atoms with E-state index in [0.29, 0.717) is 11.7 Å². The number of amides is 1. The van der Waals surface area contributed by atoms with Gasteiger partial charge in [0, 0.05) is 17.6 Å². The maximum absolute atomic E-state index is 14.1. The van der Waals surface area contributed by atoms with Crippen LogP contribution in [0, 0.1) is 11.6 Å². The fourth-order valence-electron chi connectivity index (χ4n) is 2.42. The molecule has 0 bridgehead atoms. The number of aromatic nitrogens is 1. The van der Waals surface area contributed by atoms with Gasteiger partial charge in [0.25, 0.3) is 5.91 Å². The smallest absolute Gasteiger partial charge is 0.266 e. The predicted molar refractivity (Wildman–Crippen MR) is 104 cm³/mol. The molecule has 0 aliphatic carbocycles. The van der Waals surface area contributed by atoms with E-state index < -0.39 is 23.1 Å². The highest BCUT2D eigenvalue weighted by molar-refractivity contribution is 9.10. The summed E-state index contributed by atoms with van der Waals surface area (Å²) in [5, 5.41) is 0.410. The number of nitrogens with zero attached hydrogens (tertiary/aromatic N) is 3. The largest absolute Gasteiger partial charge is 0.308 e. The summed E-state index contributed by atoms with van der Waals surface area (Å²) in [6.07, 6.45) is 0. The van der Waals surface area contributed by atoms with Crippen LogP contribution in [0.4, 0.5) is 13.9 Å². The summed E-state index contributed by atoms with van der Waals surface area (Å²) in [6, 6.07) is 8.98. The van der Waals surface area contributed by atoms with Crippen LogP contribution >= 0.6 is 27.3 Å². The predicted octanol–water partition coefficient (Wildman–Crippen LogP) is 4.55. The summed E-state index contributed by atoms with van der Waals surface area (Å²) in [6.45, 7) is 0.794. The average Bonchev–Trinajstić information content (AvgIpc) is 2.97. The Morgan fingerprint density at radius 3 is 2.50 bits per heavy atom. The highest BCUT2D eigenvalue weighted by atomic mass is 79.9. The number of hydrogen-bond donors (Lipinski definition) is 0. The molecular formula is C18H16BrF2N3OS. The van der Waals surface area contributed by atoms with E-state index in [0.717, 1.165) is 26.8 Å². The minimum Gasteiger partial charge on any atom is -0.308 e. The maximum Gasteiger partial charge on any atom is 0.266 e. The zero-order valence-corrected chi connectivity index (χ0v) is 16.6. The average molecular weight is 440 g/mol. The molecule has 0 aliphatic rings. The molecule has 0 spiro atoms. The standard InChI is InChI=1S/C18H16BrF2N3OS/c1-23(2)8-9-24(17(25)16-12(20)4-3-5-13(16)21)18-22-14-7-6-11(19)10-15(14)26-18/h3-7,10H,8-9H2,1-2H3. The minimum absolute atomic E-state index is 0.264. The summed E-state index contributed by atoms with van der Waals surface area (Å²) >= 11 is 4.71. The normalized spacial score (nSPS) is 11.3.